The molecule has 1 N–H and O–H groups in total. The second-order valence-electron chi connectivity index (χ2n) is 14.0. The molecule has 1 saturated carbocycles. The number of hydrogen-bond donors (Lipinski definition) is 1. The summed E-state index contributed by atoms with van der Waals surface area (Å²) in [6, 6.07) is 15.6. The number of ether oxygens (including phenoxy) is 2. The Morgan fingerprint density at radius 1 is 1.02 bits per heavy atom. The predicted octanol–water partition coefficient (Wildman–Crippen LogP) is 6.56. The van der Waals surface area contributed by atoms with Crippen molar-refractivity contribution in [2.75, 3.05) is 40.9 Å². The molecule has 0 amide bonds. The molecule has 234 valence electrons. The number of nitrogens with zero attached hydrogens (tertiary/aromatic N) is 3. The van der Waals surface area contributed by atoms with E-state index in [1.807, 2.05) is 24.3 Å². The zero-order chi connectivity index (χ0) is 30.4. The van der Waals surface area contributed by atoms with Crippen LogP contribution in [0.15, 0.2) is 61.3 Å². The van der Waals surface area contributed by atoms with Crippen molar-refractivity contribution in [3.8, 4) is 11.5 Å². The number of aromatic nitrogens is 1. The van der Waals surface area contributed by atoms with Crippen LogP contribution >= 0.6 is 0 Å². The third-order valence-electron chi connectivity index (χ3n) is 12.1. The van der Waals surface area contributed by atoms with Crippen molar-refractivity contribution in [2.45, 2.75) is 75.0 Å². The second kappa shape index (κ2) is 12.1. The summed E-state index contributed by atoms with van der Waals surface area (Å²) in [5, 5.41) is 12.1. The lowest BCUT2D eigenvalue weighted by Crippen LogP contribution is -2.59. The van der Waals surface area contributed by atoms with Crippen molar-refractivity contribution < 1.29 is 14.6 Å². The highest BCUT2D eigenvalue weighted by Gasteiger charge is 2.53. The molecule has 4 bridgehead atoms. The molecule has 3 aromatic rings. The van der Waals surface area contributed by atoms with E-state index in [2.05, 4.69) is 52.7 Å². The number of likely N-dealkylation sites (tertiary alicyclic amines) is 1. The molecule has 6 nitrogen and oxygen atoms in total. The summed E-state index contributed by atoms with van der Waals surface area (Å²) in [6.07, 6.45) is 13.8. The lowest BCUT2D eigenvalue weighted by molar-refractivity contribution is -0.0444. The lowest BCUT2D eigenvalue weighted by Gasteiger charge is -2.58. The summed E-state index contributed by atoms with van der Waals surface area (Å²) in [5.74, 6) is 3.92. The highest BCUT2D eigenvalue weighted by molar-refractivity contribution is 5.84. The molecule has 4 saturated heterocycles. The molecule has 1 aromatic heterocycles. The van der Waals surface area contributed by atoms with E-state index in [1.54, 1.807) is 31.5 Å². The number of piperidine rings is 4. The molecule has 9 rings (SSSR count). The average Bonchev–Trinajstić information content (AvgIpc) is 3.09. The summed E-state index contributed by atoms with van der Waals surface area (Å²) < 4.78 is 10.9. The quantitative estimate of drug-likeness (QED) is 0.338. The third kappa shape index (κ3) is 5.03. The van der Waals surface area contributed by atoms with Gasteiger partial charge in [0.25, 0.3) is 0 Å². The number of likely N-dealkylation sites (N-methyl/N-ethyl adjacent to an activating group) is 1. The van der Waals surface area contributed by atoms with Crippen LogP contribution in [0.3, 0.4) is 0 Å². The number of fused-ring (bicyclic) bond motifs is 5. The molecule has 0 spiro atoms. The van der Waals surface area contributed by atoms with Crippen LogP contribution in [0, 0.1) is 17.8 Å². The van der Waals surface area contributed by atoms with Gasteiger partial charge in [0, 0.05) is 35.6 Å². The van der Waals surface area contributed by atoms with E-state index in [-0.39, 0.29) is 6.04 Å². The van der Waals surface area contributed by atoms with E-state index in [9.17, 15) is 5.11 Å². The Bertz CT molecular complexity index is 1510. The van der Waals surface area contributed by atoms with Gasteiger partial charge >= 0.3 is 0 Å². The lowest BCUT2D eigenvalue weighted by atomic mass is 9.52. The Labute approximate surface area is 263 Å². The zero-order valence-electron chi connectivity index (χ0n) is 26.8. The number of benzene rings is 2. The highest BCUT2D eigenvalue weighted by atomic mass is 16.5. The number of aliphatic hydroxyl groups excluding tert-OH is 1. The van der Waals surface area contributed by atoms with Crippen LogP contribution < -0.4 is 9.47 Å². The minimum Gasteiger partial charge on any atom is -0.497 e. The van der Waals surface area contributed by atoms with Gasteiger partial charge in [-0.15, -0.1) is 6.58 Å². The number of methoxy groups -OCH3 is 2. The molecular weight excluding hydrogens is 546 g/mol. The Hall–Kier alpha value is -2.93. The van der Waals surface area contributed by atoms with Crippen molar-refractivity contribution in [3.05, 3.63) is 78.0 Å². The Morgan fingerprint density at radius 3 is 2.61 bits per heavy atom. The topological polar surface area (TPSA) is 58.1 Å². The maximum atomic E-state index is 11.2. The molecule has 8 atom stereocenters. The Balaban J connectivity index is 0.000000144. The molecule has 4 aliphatic heterocycles. The van der Waals surface area contributed by atoms with E-state index < -0.39 is 6.10 Å². The molecule has 44 heavy (non-hydrogen) atoms. The van der Waals surface area contributed by atoms with Crippen LogP contribution in [0.4, 0.5) is 0 Å². The highest BCUT2D eigenvalue weighted by Crippen LogP contribution is 2.56. The summed E-state index contributed by atoms with van der Waals surface area (Å²) in [6.45, 7) is 7.33. The maximum Gasteiger partial charge on any atom is 0.119 e. The third-order valence-corrected chi connectivity index (χ3v) is 12.1. The molecule has 6 heteroatoms. The molecule has 0 radical (unpaired) electrons. The molecule has 2 aliphatic carbocycles. The van der Waals surface area contributed by atoms with E-state index in [4.69, 9.17) is 9.47 Å². The van der Waals surface area contributed by atoms with Gasteiger partial charge in [0.2, 0.25) is 0 Å². The summed E-state index contributed by atoms with van der Waals surface area (Å²) in [7, 11) is 5.78. The van der Waals surface area contributed by atoms with E-state index >= 15 is 0 Å². The largest absolute Gasteiger partial charge is 0.497 e. The van der Waals surface area contributed by atoms with Crippen LogP contribution in [0.1, 0.15) is 67.7 Å². The van der Waals surface area contributed by atoms with Crippen molar-refractivity contribution in [2.24, 2.45) is 17.8 Å². The first-order valence-electron chi connectivity index (χ1n) is 16.8. The van der Waals surface area contributed by atoms with Gasteiger partial charge < -0.3 is 19.5 Å². The van der Waals surface area contributed by atoms with Crippen molar-refractivity contribution in [1.82, 2.24) is 14.8 Å². The summed E-state index contributed by atoms with van der Waals surface area (Å²) >= 11 is 0. The van der Waals surface area contributed by atoms with Crippen LogP contribution in [0.5, 0.6) is 11.5 Å². The normalized spacial score (nSPS) is 32.9. The van der Waals surface area contributed by atoms with Gasteiger partial charge in [0.05, 0.1) is 25.8 Å². The standard InChI is InChI=1S/C20H24N2O2.C18H25NO/c1-3-13-12-22-9-7-14(13)10-19(22)20(23)16-6-8-21-18-5-4-15(24-2)11-17(16)18;1-19-10-9-18-8-4-3-5-15(18)17(19)11-13-6-7-14(20-2)12-16(13)18/h3-6,8,11,13-14,19-20,23H,1,7,9-10,12H2,2H3;6-7,12,15,17H,3-5,8-11H2,1-2H3/t13-,14?,19+,20-;15-,17+,18+/m00/s1. The van der Waals surface area contributed by atoms with Crippen molar-refractivity contribution in [3.63, 3.8) is 0 Å². The van der Waals surface area contributed by atoms with Gasteiger partial charge in [0.15, 0.2) is 0 Å². The summed E-state index contributed by atoms with van der Waals surface area (Å²) in [5.41, 5.74) is 5.52. The second-order valence-corrected chi connectivity index (χ2v) is 14.0. The maximum absolute atomic E-state index is 11.2. The van der Waals surface area contributed by atoms with Gasteiger partial charge in [-0.2, -0.15) is 0 Å². The molecule has 6 aliphatic rings. The number of aliphatic hydroxyl groups is 1. The first-order chi connectivity index (χ1) is 21.5. The van der Waals surface area contributed by atoms with Gasteiger partial charge in [-0.3, -0.25) is 9.88 Å². The number of pyridine rings is 1. The molecule has 5 fully saturated rings. The average molecular weight is 596 g/mol. The van der Waals surface area contributed by atoms with Crippen LogP contribution in [0.2, 0.25) is 0 Å². The fourth-order valence-electron chi connectivity index (χ4n) is 9.75. The fraction of sp³-hybridized carbons (Fsp3) is 0.553. The summed E-state index contributed by atoms with van der Waals surface area (Å²) in [4.78, 5) is 9.48. The molecule has 2 unspecified atom stereocenters. The molecule has 2 aromatic carbocycles. The van der Waals surface area contributed by atoms with E-state index in [0.29, 0.717) is 17.3 Å². The molecule has 5 heterocycles. The van der Waals surface area contributed by atoms with Gasteiger partial charge in [-0.1, -0.05) is 25.0 Å². The van der Waals surface area contributed by atoms with Crippen LogP contribution in [-0.2, 0) is 11.8 Å². The Kier molecular flexibility index (Phi) is 8.19. The van der Waals surface area contributed by atoms with Crippen LogP contribution in [-0.4, -0.2) is 72.9 Å². The fourth-order valence-corrected chi connectivity index (χ4v) is 9.75. The minimum atomic E-state index is -0.504. The SMILES string of the molecule is C=C[C@H]1CN2CCC1C[C@@H]2[C@@H](O)c1ccnc2ccc(OC)cc12.COc1ccc2c(c1)[C@@]13CCCC[C@H]1[C@@H](C2)N(C)CC3. The van der Waals surface area contributed by atoms with Crippen LogP contribution in [0.25, 0.3) is 10.9 Å². The smallest absolute Gasteiger partial charge is 0.119 e. The van der Waals surface area contributed by atoms with Crippen molar-refractivity contribution in [1.29, 1.82) is 0 Å². The molecular formula is C38H49N3O3. The van der Waals surface area contributed by atoms with Gasteiger partial charge in [-0.05, 0) is 130 Å². The first-order valence-corrected chi connectivity index (χ1v) is 16.8. The Morgan fingerprint density at radius 2 is 1.84 bits per heavy atom. The van der Waals surface area contributed by atoms with Gasteiger partial charge in [-0.25, -0.2) is 0 Å². The monoisotopic (exact) mass is 595 g/mol. The number of hydrogen-bond acceptors (Lipinski definition) is 6. The predicted molar refractivity (Wildman–Crippen MR) is 176 cm³/mol. The minimum absolute atomic E-state index is 0.178. The van der Waals surface area contributed by atoms with Gasteiger partial charge in [0.1, 0.15) is 11.5 Å². The number of rotatable bonds is 5. The van der Waals surface area contributed by atoms with E-state index in [1.165, 1.54) is 51.5 Å². The first kappa shape index (κ1) is 29.8. The van der Waals surface area contributed by atoms with E-state index in [0.717, 1.165) is 59.4 Å². The zero-order valence-corrected chi connectivity index (χ0v) is 26.8. The van der Waals surface area contributed by atoms with Crippen molar-refractivity contribution >= 4 is 10.9 Å².